The molecule has 0 radical (unpaired) electrons. The molecule has 18 atom stereocenters. The van der Waals surface area contributed by atoms with Gasteiger partial charge in [-0.1, -0.05) is 151 Å². The molecule has 6 aliphatic rings. The van der Waals surface area contributed by atoms with Crippen molar-refractivity contribution in [3.63, 3.8) is 0 Å². The van der Waals surface area contributed by atoms with E-state index in [2.05, 4.69) is 115 Å². The molecule has 0 aromatic carbocycles. The van der Waals surface area contributed by atoms with E-state index in [-0.39, 0.29) is 76.7 Å². The van der Waals surface area contributed by atoms with Gasteiger partial charge in [0.15, 0.2) is 0 Å². The fourth-order valence-corrected chi connectivity index (χ4v) is 13.2. The van der Waals surface area contributed by atoms with Crippen LogP contribution in [0.3, 0.4) is 0 Å². The van der Waals surface area contributed by atoms with Crippen LogP contribution >= 0.6 is 55.4 Å². The highest BCUT2D eigenvalue weighted by molar-refractivity contribution is 7.18. The Kier molecular flexibility index (Phi) is 46.1. The highest BCUT2D eigenvalue weighted by Gasteiger charge is 2.26. The predicted octanol–water partition coefficient (Wildman–Crippen LogP) is 12.7. The smallest absolute Gasteiger partial charge is 0.223 e. The van der Waals surface area contributed by atoms with Crippen LogP contribution in [0.15, 0.2) is 0 Å². The summed E-state index contributed by atoms with van der Waals surface area (Å²) in [5.74, 6) is 3.89. The number of nitrogens with one attached hydrogen (secondary N) is 6. The van der Waals surface area contributed by atoms with Gasteiger partial charge in [-0.05, 0) is 121 Å². The van der Waals surface area contributed by atoms with E-state index < -0.39 is 0 Å². The summed E-state index contributed by atoms with van der Waals surface area (Å²) >= 11 is 0. The van der Waals surface area contributed by atoms with E-state index in [0.29, 0.717) is 29.7 Å². The van der Waals surface area contributed by atoms with E-state index in [4.69, 9.17) is 0 Å². The first-order valence-electron chi connectivity index (χ1n) is 31.7. The molecular formula is C60H120N6O6P6. The van der Waals surface area contributed by atoms with Crippen molar-refractivity contribution in [1.29, 1.82) is 0 Å². The summed E-state index contributed by atoms with van der Waals surface area (Å²) in [6, 6.07) is 1.18. The van der Waals surface area contributed by atoms with Crippen LogP contribution in [-0.2, 0) is 28.8 Å². The third-order valence-electron chi connectivity index (χ3n) is 16.5. The lowest BCUT2D eigenvalue weighted by molar-refractivity contribution is -0.127. The van der Waals surface area contributed by atoms with Gasteiger partial charge in [0.2, 0.25) is 35.4 Å². The Hall–Kier alpha value is -0.600. The lowest BCUT2D eigenvalue weighted by Crippen LogP contribution is -2.41. The molecular weight excluding hydrogens is 1090 g/mol. The van der Waals surface area contributed by atoms with Crippen LogP contribution in [0.1, 0.15) is 253 Å². The molecule has 0 aromatic heterocycles. The second-order valence-corrected chi connectivity index (χ2v) is 27.2. The van der Waals surface area contributed by atoms with E-state index in [1.54, 1.807) is 0 Å². The highest BCUT2D eigenvalue weighted by atomic mass is 31.0. The summed E-state index contributed by atoms with van der Waals surface area (Å²) in [4.78, 5) is 69.7. The van der Waals surface area contributed by atoms with Gasteiger partial charge in [0.25, 0.3) is 0 Å². The first-order chi connectivity index (χ1) is 37.5. The van der Waals surface area contributed by atoms with Crippen LogP contribution in [-0.4, -0.2) is 89.4 Å². The maximum atomic E-state index is 11.7. The van der Waals surface area contributed by atoms with Crippen LogP contribution in [0.25, 0.3) is 0 Å². The third-order valence-corrected chi connectivity index (χ3v) is 19.7. The summed E-state index contributed by atoms with van der Waals surface area (Å²) in [6.45, 7) is 12.5. The van der Waals surface area contributed by atoms with E-state index in [1.807, 2.05) is 13.8 Å². The molecule has 6 rings (SSSR count). The first kappa shape index (κ1) is 75.4. The average molecular weight is 1210 g/mol. The molecule has 6 aliphatic heterocycles. The van der Waals surface area contributed by atoms with Crippen molar-refractivity contribution in [2.45, 2.75) is 289 Å². The molecule has 6 heterocycles. The lowest BCUT2D eigenvalue weighted by Gasteiger charge is -2.24. The minimum atomic E-state index is 0.196. The van der Waals surface area contributed by atoms with Crippen molar-refractivity contribution < 1.29 is 28.8 Å². The Labute approximate surface area is 492 Å². The molecule has 78 heavy (non-hydrogen) atoms. The molecule has 6 amide bonds. The van der Waals surface area contributed by atoms with Crippen molar-refractivity contribution in [3.05, 3.63) is 0 Å². The summed E-state index contributed by atoms with van der Waals surface area (Å²) in [7, 11) is 16.3. The van der Waals surface area contributed by atoms with E-state index in [9.17, 15) is 28.8 Å². The minimum absolute atomic E-state index is 0.196. The standard InChI is InChI=1S/6C10H20NOP/c1-8-5-3-2-4-6-9(7-13)11-10(8)12;1-8-6-4-2-3-5-7-9(13)11-10(8)12;1-2-8-5-3-4-6-9(7-13)11-10(8)12;1-2-8-6-4-3-5-7-9(13)11-10(8)12;1-2-5-8-6-3-4-7-9(13)11-10(8)12;1-2-4-8-5-3-6-9(7-13)11-10(8)12/h6*8-9H,2-7,13H2,1H3,(H,11,12). The average Bonchev–Trinajstić information content (AvgIpc) is 3.48. The summed E-state index contributed by atoms with van der Waals surface area (Å²) in [5.41, 5.74) is 0. The first-order valence-corrected chi connectivity index (χ1v) is 36.1. The fraction of sp³-hybridized carbons (Fsp3) is 0.900. The second kappa shape index (κ2) is 47.7. The second-order valence-electron chi connectivity index (χ2n) is 23.4. The molecule has 0 bridgehead atoms. The van der Waals surface area contributed by atoms with Gasteiger partial charge in [0, 0.05) is 71.0 Å². The maximum Gasteiger partial charge on any atom is 0.223 e. The third kappa shape index (κ3) is 35.5. The highest BCUT2D eigenvalue weighted by Crippen LogP contribution is 2.25. The number of hydrogen-bond donors (Lipinski definition) is 6. The maximum absolute atomic E-state index is 11.7. The summed E-state index contributed by atoms with van der Waals surface area (Å²) < 4.78 is 0. The van der Waals surface area contributed by atoms with Crippen molar-refractivity contribution in [2.75, 3.05) is 18.5 Å². The Morgan fingerprint density at radius 3 is 1.00 bits per heavy atom. The topological polar surface area (TPSA) is 175 Å². The predicted molar refractivity (Wildman–Crippen MR) is 352 cm³/mol. The number of carbonyl (C=O) groups excluding carboxylic acids is 6. The van der Waals surface area contributed by atoms with Crippen molar-refractivity contribution in [1.82, 2.24) is 31.9 Å². The molecule has 0 spiro atoms. The van der Waals surface area contributed by atoms with Gasteiger partial charge in [-0.2, -0.15) is 0 Å². The van der Waals surface area contributed by atoms with Crippen LogP contribution in [0, 0.1) is 35.5 Å². The molecule has 0 aromatic rings. The number of amides is 6. The molecule has 6 fully saturated rings. The zero-order valence-corrected chi connectivity index (χ0v) is 57.2. The number of carbonyl (C=O) groups is 6. The van der Waals surface area contributed by atoms with Crippen molar-refractivity contribution >= 4 is 90.9 Å². The lowest BCUT2D eigenvalue weighted by atomic mass is 9.94. The molecule has 6 N–H and O–H groups in total. The molecule has 0 saturated carbocycles. The van der Waals surface area contributed by atoms with Crippen LogP contribution in [0.4, 0.5) is 0 Å². The van der Waals surface area contributed by atoms with Gasteiger partial charge in [0.1, 0.15) is 0 Å². The largest absolute Gasteiger partial charge is 0.353 e. The summed E-state index contributed by atoms with van der Waals surface area (Å²) in [5, 5.41) is 18.4. The molecule has 6 saturated heterocycles. The zero-order valence-electron chi connectivity index (χ0n) is 50.3. The fourth-order valence-electron chi connectivity index (χ4n) is 10.9. The van der Waals surface area contributed by atoms with Crippen LogP contribution in [0.2, 0.25) is 0 Å². The van der Waals surface area contributed by atoms with Gasteiger partial charge in [-0.25, -0.2) is 0 Å². The zero-order chi connectivity index (χ0) is 58.1. The monoisotopic (exact) mass is 1210 g/mol. The summed E-state index contributed by atoms with van der Waals surface area (Å²) in [6.07, 6.45) is 41.0. The molecule has 12 nitrogen and oxygen atoms in total. The Morgan fingerprint density at radius 1 is 0.321 bits per heavy atom. The van der Waals surface area contributed by atoms with Crippen molar-refractivity contribution in [2.24, 2.45) is 35.5 Å². The van der Waals surface area contributed by atoms with Crippen molar-refractivity contribution in [3.8, 4) is 0 Å². The normalized spacial score (nSPS) is 30.9. The Balaban J connectivity index is 0.000000468. The number of hydrogen-bond acceptors (Lipinski definition) is 6. The Bertz CT molecular complexity index is 1620. The van der Waals surface area contributed by atoms with Gasteiger partial charge in [-0.15, -0.1) is 55.4 Å². The van der Waals surface area contributed by atoms with Gasteiger partial charge in [0.05, 0.1) is 0 Å². The van der Waals surface area contributed by atoms with E-state index >= 15 is 0 Å². The van der Waals surface area contributed by atoms with Gasteiger partial charge >= 0.3 is 0 Å². The van der Waals surface area contributed by atoms with E-state index in [1.165, 1.54) is 96.3 Å². The van der Waals surface area contributed by atoms with Crippen LogP contribution < -0.4 is 31.9 Å². The van der Waals surface area contributed by atoms with Crippen LogP contribution in [0.5, 0.6) is 0 Å². The molecule has 456 valence electrons. The minimum Gasteiger partial charge on any atom is -0.353 e. The molecule has 0 aliphatic carbocycles. The van der Waals surface area contributed by atoms with Gasteiger partial charge in [-0.3, -0.25) is 28.8 Å². The molecule has 18 unspecified atom stereocenters. The van der Waals surface area contributed by atoms with Gasteiger partial charge < -0.3 is 31.9 Å². The molecule has 18 heteroatoms. The number of rotatable bonds is 9. The quantitative estimate of drug-likeness (QED) is 0.125. The Morgan fingerprint density at radius 2 is 0.577 bits per heavy atom. The SMILES string of the molecule is CC1CCCCCC(CP)NC1=O.CC1CCCCCCC(P)NC1=O.CCC1CCCCC(CP)NC1=O.CCC1CCCCCC(P)NC1=O.CCCC1CCCC(CP)NC1=O.CCCC1CCCCC(P)NC1=O. The van der Waals surface area contributed by atoms with E-state index in [0.717, 1.165) is 134 Å².